The van der Waals surface area contributed by atoms with E-state index in [1.807, 2.05) is 19.2 Å². The Hall–Kier alpha value is -3.07. The minimum Gasteiger partial charge on any atom is -0.355 e. The number of nitrogens with zero attached hydrogens (tertiary/aromatic N) is 6. The van der Waals surface area contributed by atoms with Gasteiger partial charge < -0.3 is 15.5 Å². The Labute approximate surface area is 181 Å². The fourth-order valence-corrected chi connectivity index (χ4v) is 4.64. The van der Waals surface area contributed by atoms with Crippen molar-refractivity contribution in [2.24, 2.45) is 5.73 Å². The molecular formula is C22H28FN7O. The van der Waals surface area contributed by atoms with E-state index >= 15 is 0 Å². The topological polar surface area (TPSA) is 92.6 Å². The maximum Gasteiger partial charge on any atom is 0.273 e. The van der Waals surface area contributed by atoms with Crippen LogP contribution in [0.25, 0.3) is 5.65 Å². The zero-order chi connectivity index (χ0) is 21.5. The summed E-state index contributed by atoms with van der Waals surface area (Å²) in [7, 11) is 0. The largest absolute Gasteiger partial charge is 0.355 e. The summed E-state index contributed by atoms with van der Waals surface area (Å²) in [6, 6.07) is 6.25. The number of nitrogens with two attached hydrogens (primary N) is 1. The number of hydrogen-bond acceptors (Lipinski definition) is 6. The van der Waals surface area contributed by atoms with Crippen LogP contribution >= 0.6 is 0 Å². The van der Waals surface area contributed by atoms with Crippen LogP contribution in [0, 0.1) is 12.9 Å². The maximum absolute atomic E-state index is 13.6. The quantitative estimate of drug-likeness (QED) is 0.649. The molecule has 3 aromatic rings. The van der Waals surface area contributed by atoms with Gasteiger partial charge in [-0.15, -0.1) is 0 Å². The molecule has 164 valence electrons. The molecule has 0 aliphatic carbocycles. The van der Waals surface area contributed by atoms with Gasteiger partial charge in [0.05, 0.1) is 11.7 Å². The van der Waals surface area contributed by atoms with Gasteiger partial charge in [0, 0.05) is 44.9 Å². The van der Waals surface area contributed by atoms with E-state index < -0.39 is 5.95 Å². The lowest BCUT2D eigenvalue weighted by molar-refractivity contribution is 0.0598. The summed E-state index contributed by atoms with van der Waals surface area (Å²) in [6.45, 7) is 4.33. The van der Waals surface area contributed by atoms with Crippen molar-refractivity contribution < 1.29 is 10.6 Å². The normalized spacial score (nSPS) is 21.8. The molecule has 0 saturated carbocycles. The van der Waals surface area contributed by atoms with Gasteiger partial charge >= 0.3 is 0 Å². The number of hydrogen-bond donors (Lipinski definition) is 1. The highest BCUT2D eigenvalue weighted by molar-refractivity contribution is 5.92. The average molecular weight is 426 g/mol. The van der Waals surface area contributed by atoms with E-state index in [1.54, 1.807) is 15.5 Å². The number of carbonyl (C=O) groups is 1. The number of anilines is 1. The monoisotopic (exact) mass is 425 g/mol. The summed E-state index contributed by atoms with van der Waals surface area (Å²) in [5.41, 5.74) is 8.78. The molecule has 3 aromatic heterocycles. The van der Waals surface area contributed by atoms with Gasteiger partial charge in [0.15, 0.2) is 5.65 Å². The summed E-state index contributed by atoms with van der Waals surface area (Å²) >= 11 is 0. The van der Waals surface area contributed by atoms with Crippen LogP contribution in [-0.4, -0.2) is 56.1 Å². The maximum atomic E-state index is 13.6. The Morgan fingerprint density at radius 1 is 1.23 bits per heavy atom. The van der Waals surface area contributed by atoms with Crippen LogP contribution < -0.4 is 10.6 Å². The van der Waals surface area contributed by atoms with Gasteiger partial charge in [-0.3, -0.25) is 4.79 Å². The number of halogens is 1. The predicted octanol–water partition coefficient (Wildman–Crippen LogP) is 2.72. The molecule has 0 spiro atoms. The van der Waals surface area contributed by atoms with E-state index in [4.69, 9.17) is 15.8 Å². The van der Waals surface area contributed by atoms with Crippen molar-refractivity contribution >= 4 is 17.4 Å². The predicted molar refractivity (Wildman–Crippen MR) is 116 cm³/mol. The zero-order valence-corrected chi connectivity index (χ0v) is 17.5. The number of amides is 1. The second-order valence-corrected chi connectivity index (χ2v) is 8.47. The van der Waals surface area contributed by atoms with Crippen molar-refractivity contribution in [2.45, 2.75) is 44.7 Å². The van der Waals surface area contributed by atoms with E-state index in [9.17, 15) is 9.18 Å². The van der Waals surface area contributed by atoms with Crippen molar-refractivity contribution in [2.75, 3.05) is 24.5 Å². The average Bonchev–Trinajstić information content (AvgIpc) is 3.38. The molecule has 0 aromatic carbocycles. The first-order valence-electron chi connectivity index (χ1n) is 10.8. The molecule has 0 radical (unpaired) electrons. The molecule has 2 fully saturated rings. The number of aryl methyl sites for hydroxylation is 1. The minimum absolute atomic E-state index is 0. The molecular weight excluding hydrogens is 397 g/mol. The number of likely N-dealkylation sites (tertiary alicyclic amines) is 1. The van der Waals surface area contributed by atoms with Crippen molar-refractivity contribution in [1.29, 1.82) is 0 Å². The molecule has 2 N–H and O–H groups in total. The molecule has 2 saturated heterocycles. The highest BCUT2D eigenvalue weighted by Crippen LogP contribution is 2.32. The standard InChI is InChI=1S/C22H26FN7O.H2/c1-14-12-30-20(26-21(14)28-10-8-15(24)13-28)11-17(27-30)18-6-2-3-9-29(18)22(31)16-5-4-7-19(23)25-16;/h4-5,7,11-12,15,18H,2-3,6,8-10,13,24H2,1H3;1H/t15-,18-;/m0./s1. The van der Waals surface area contributed by atoms with Crippen LogP contribution in [0.1, 0.15) is 54.9 Å². The van der Waals surface area contributed by atoms with Gasteiger partial charge in [0.25, 0.3) is 5.91 Å². The summed E-state index contributed by atoms with van der Waals surface area (Å²) in [5, 5.41) is 4.75. The molecule has 31 heavy (non-hydrogen) atoms. The Bertz CT molecular complexity index is 1140. The smallest absolute Gasteiger partial charge is 0.273 e. The molecule has 0 unspecified atom stereocenters. The molecule has 1 amide bonds. The Morgan fingerprint density at radius 2 is 2.10 bits per heavy atom. The molecule has 2 atom stereocenters. The second-order valence-electron chi connectivity index (χ2n) is 8.47. The lowest BCUT2D eigenvalue weighted by Crippen LogP contribution is -2.39. The van der Waals surface area contributed by atoms with E-state index in [2.05, 4.69) is 9.88 Å². The summed E-state index contributed by atoms with van der Waals surface area (Å²) in [5.74, 6) is 0.0190. The molecule has 5 rings (SSSR count). The Morgan fingerprint density at radius 3 is 2.87 bits per heavy atom. The lowest BCUT2D eigenvalue weighted by Gasteiger charge is -2.34. The van der Waals surface area contributed by atoms with E-state index in [0.29, 0.717) is 6.54 Å². The van der Waals surface area contributed by atoms with Crippen LogP contribution in [0.2, 0.25) is 0 Å². The number of piperidine rings is 1. The molecule has 2 aliphatic heterocycles. The zero-order valence-electron chi connectivity index (χ0n) is 17.5. The van der Waals surface area contributed by atoms with Crippen LogP contribution in [0.3, 0.4) is 0 Å². The summed E-state index contributed by atoms with van der Waals surface area (Å²) in [4.78, 5) is 25.7. The first-order valence-corrected chi connectivity index (χ1v) is 10.8. The Balaban J connectivity index is 0.00000245. The van der Waals surface area contributed by atoms with Crippen molar-refractivity contribution in [3.63, 3.8) is 0 Å². The van der Waals surface area contributed by atoms with E-state index in [1.165, 1.54) is 12.1 Å². The van der Waals surface area contributed by atoms with Crippen molar-refractivity contribution in [3.05, 3.63) is 53.4 Å². The molecule has 8 nitrogen and oxygen atoms in total. The third kappa shape index (κ3) is 3.74. The third-order valence-corrected chi connectivity index (χ3v) is 6.19. The number of rotatable bonds is 3. The van der Waals surface area contributed by atoms with Gasteiger partial charge in [0.1, 0.15) is 11.5 Å². The number of carbonyl (C=O) groups excluding carboxylic acids is 1. The van der Waals surface area contributed by atoms with Crippen LogP contribution in [0.5, 0.6) is 0 Å². The molecule has 2 aliphatic rings. The van der Waals surface area contributed by atoms with Gasteiger partial charge in [-0.25, -0.2) is 14.5 Å². The van der Waals surface area contributed by atoms with Crippen LogP contribution in [-0.2, 0) is 0 Å². The fraction of sp³-hybridized carbons (Fsp3) is 0.455. The second kappa shape index (κ2) is 7.88. The Kier molecular flexibility index (Phi) is 5.05. The van der Waals surface area contributed by atoms with Gasteiger partial charge in [-0.05, 0) is 44.7 Å². The first kappa shape index (κ1) is 19.9. The number of fused-ring (bicyclic) bond motifs is 1. The van der Waals surface area contributed by atoms with E-state index in [-0.39, 0.29) is 25.1 Å². The van der Waals surface area contributed by atoms with Gasteiger partial charge in [-0.1, -0.05) is 6.07 Å². The summed E-state index contributed by atoms with van der Waals surface area (Å²) in [6.07, 6.45) is 5.65. The highest BCUT2D eigenvalue weighted by atomic mass is 19.1. The first-order chi connectivity index (χ1) is 15.0. The SMILES string of the molecule is Cc1cn2nc([C@@H]3CCCCN3C(=O)c3cccc(F)n3)cc2nc1N1CC[C@H](N)C1.[HH]. The summed E-state index contributed by atoms with van der Waals surface area (Å²) < 4.78 is 15.3. The molecule has 5 heterocycles. The molecule has 0 bridgehead atoms. The lowest BCUT2D eigenvalue weighted by atomic mass is 9.99. The van der Waals surface area contributed by atoms with E-state index in [0.717, 1.165) is 61.5 Å². The third-order valence-electron chi connectivity index (χ3n) is 6.19. The number of aromatic nitrogens is 4. The number of pyridine rings is 1. The van der Waals surface area contributed by atoms with Gasteiger partial charge in [-0.2, -0.15) is 9.49 Å². The van der Waals surface area contributed by atoms with Crippen LogP contribution in [0.4, 0.5) is 10.2 Å². The minimum atomic E-state index is -0.652. The van der Waals surface area contributed by atoms with Gasteiger partial charge in [0.2, 0.25) is 5.95 Å². The molecule has 9 heteroatoms. The van der Waals surface area contributed by atoms with Crippen molar-refractivity contribution in [1.82, 2.24) is 24.5 Å². The highest BCUT2D eigenvalue weighted by Gasteiger charge is 2.32. The van der Waals surface area contributed by atoms with Crippen LogP contribution in [0.15, 0.2) is 30.5 Å². The van der Waals surface area contributed by atoms with Crippen molar-refractivity contribution in [3.8, 4) is 0 Å². The fourth-order valence-electron chi connectivity index (χ4n) is 4.64.